The Bertz CT molecular complexity index is 1160. The largest absolute Gasteiger partial charge is 0.484 e. The van der Waals surface area contributed by atoms with Crippen LogP contribution in [0, 0.1) is 13.8 Å². The molecule has 0 unspecified atom stereocenters. The molecule has 0 aliphatic heterocycles. The molecule has 2 heterocycles. The first kappa shape index (κ1) is 24.1. The number of nitrogens with zero attached hydrogens (tertiary/aromatic N) is 1. The maximum atomic E-state index is 12.4. The van der Waals surface area contributed by atoms with Crippen LogP contribution in [0.3, 0.4) is 0 Å². The van der Waals surface area contributed by atoms with E-state index in [-0.39, 0.29) is 23.8 Å². The predicted molar refractivity (Wildman–Crippen MR) is 120 cm³/mol. The molecule has 6 nitrogen and oxygen atoms in total. The highest BCUT2D eigenvalue weighted by Crippen LogP contribution is 2.26. The van der Waals surface area contributed by atoms with Gasteiger partial charge in [-0.1, -0.05) is 12.1 Å². The number of carbonyl (C=O) groups is 1. The lowest BCUT2D eigenvalue weighted by Gasteiger charge is -2.12. The number of fused-ring (bicyclic) bond motifs is 1. The highest BCUT2D eigenvalue weighted by Gasteiger charge is 2.28. The lowest BCUT2D eigenvalue weighted by Crippen LogP contribution is -2.30. The standard InChI is InChI=1S/C21H22F3N3O3S2/c1-11-12(2)32-20-17(11)19(29)26-16(27-20)9-31-13(3)18(28)25-8-14-4-6-15(7-5-14)30-10-21(22,23)24/h4-7,13H,8-10H2,1-3H3,(H,25,28)(H,26,27,29)/t13-/m0/s1. The Morgan fingerprint density at radius 1 is 1.28 bits per heavy atom. The van der Waals surface area contributed by atoms with Gasteiger partial charge in [0.2, 0.25) is 5.91 Å². The summed E-state index contributed by atoms with van der Waals surface area (Å²) in [6, 6.07) is 6.05. The van der Waals surface area contributed by atoms with Gasteiger partial charge < -0.3 is 15.0 Å². The summed E-state index contributed by atoms with van der Waals surface area (Å²) in [6.45, 7) is 4.49. The second kappa shape index (κ2) is 9.95. The van der Waals surface area contributed by atoms with E-state index >= 15 is 0 Å². The number of thioether (sulfide) groups is 1. The third-order valence-corrected chi connectivity index (χ3v) is 6.98. The zero-order valence-corrected chi connectivity index (χ0v) is 19.3. The molecular weight excluding hydrogens is 463 g/mol. The Kier molecular flexibility index (Phi) is 7.50. The number of H-pyrrole nitrogens is 1. The highest BCUT2D eigenvalue weighted by atomic mass is 32.2. The first-order valence-electron chi connectivity index (χ1n) is 9.70. The number of benzene rings is 1. The zero-order valence-electron chi connectivity index (χ0n) is 17.6. The summed E-state index contributed by atoms with van der Waals surface area (Å²) in [6.07, 6.45) is -4.39. The van der Waals surface area contributed by atoms with Crippen LogP contribution in [0.5, 0.6) is 5.75 Å². The van der Waals surface area contributed by atoms with Crippen molar-refractivity contribution in [3.8, 4) is 5.75 Å². The molecule has 3 aromatic rings. The second-order valence-corrected chi connectivity index (χ2v) is 9.73. The van der Waals surface area contributed by atoms with Crippen LogP contribution in [-0.2, 0) is 17.1 Å². The molecule has 11 heteroatoms. The summed E-state index contributed by atoms with van der Waals surface area (Å²) in [5, 5.41) is 3.01. The third-order valence-electron chi connectivity index (χ3n) is 4.72. The van der Waals surface area contributed by atoms with Gasteiger partial charge in [-0.05, 0) is 44.0 Å². The van der Waals surface area contributed by atoms with Gasteiger partial charge >= 0.3 is 6.18 Å². The van der Waals surface area contributed by atoms with Crippen LogP contribution in [0.25, 0.3) is 10.2 Å². The molecule has 0 bridgehead atoms. The molecule has 0 saturated heterocycles. The highest BCUT2D eigenvalue weighted by molar-refractivity contribution is 7.99. The van der Waals surface area contributed by atoms with E-state index in [1.165, 1.54) is 35.2 Å². The number of aromatic amines is 1. The van der Waals surface area contributed by atoms with Crippen LogP contribution in [-0.4, -0.2) is 33.9 Å². The molecule has 2 N–H and O–H groups in total. The molecule has 1 aromatic carbocycles. The lowest BCUT2D eigenvalue weighted by molar-refractivity contribution is -0.153. The SMILES string of the molecule is Cc1sc2nc(CS[C@@H](C)C(=O)NCc3ccc(OCC(F)(F)F)cc3)[nH]c(=O)c2c1C. The quantitative estimate of drug-likeness (QED) is 0.492. The number of alkyl halides is 3. The van der Waals surface area contributed by atoms with Crippen molar-refractivity contribution in [1.29, 1.82) is 0 Å². The molecule has 172 valence electrons. The van der Waals surface area contributed by atoms with Crippen molar-refractivity contribution in [2.45, 2.75) is 44.5 Å². The molecule has 0 spiro atoms. The molecule has 0 aliphatic carbocycles. The van der Waals surface area contributed by atoms with Gasteiger partial charge in [0.15, 0.2) is 6.61 Å². The van der Waals surface area contributed by atoms with E-state index in [0.717, 1.165) is 16.0 Å². The second-order valence-electron chi connectivity index (χ2n) is 7.19. The van der Waals surface area contributed by atoms with Crippen LogP contribution in [0.4, 0.5) is 13.2 Å². The van der Waals surface area contributed by atoms with Crippen molar-refractivity contribution in [3.63, 3.8) is 0 Å². The predicted octanol–water partition coefficient (Wildman–Crippen LogP) is 4.48. The summed E-state index contributed by atoms with van der Waals surface area (Å²) in [4.78, 5) is 33.8. The lowest BCUT2D eigenvalue weighted by atomic mass is 10.2. The molecule has 1 amide bonds. The van der Waals surface area contributed by atoms with Gasteiger partial charge in [-0.15, -0.1) is 23.1 Å². The van der Waals surface area contributed by atoms with Gasteiger partial charge in [0.05, 0.1) is 16.4 Å². The molecule has 2 aromatic heterocycles. The maximum absolute atomic E-state index is 12.4. The van der Waals surface area contributed by atoms with Gasteiger partial charge in [0.25, 0.3) is 5.56 Å². The monoisotopic (exact) mass is 485 g/mol. The molecule has 3 rings (SSSR count). The summed E-state index contributed by atoms with van der Waals surface area (Å²) >= 11 is 2.82. The van der Waals surface area contributed by atoms with E-state index in [2.05, 4.69) is 20.0 Å². The molecular formula is C21H22F3N3O3S2. The minimum Gasteiger partial charge on any atom is -0.484 e. The average Bonchev–Trinajstić information content (AvgIpc) is 3.02. The summed E-state index contributed by atoms with van der Waals surface area (Å²) in [5.41, 5.74) is 1.49. The smallest absolute Gasteiger partial charge is 0.422 e. The maximum Gasteiger partial charge on any atom is 0.422 e. The van der Waals surface area contributed by atoms with E-state index in [9.17, 15) is 22.8 Å². The van der Waals surface area contributed by atoms with Gasteiger partial charge in [-0.25, -0.2) is 4.98 Å². The number of aromatic nitrogens is 2. The number of nitrogens with one attached hydrogen (secondary N) is 2. The van der Waals surface area contributed by atoms with Crippen molar-refractivity contribution in [2.75, 3.05) is 6.61 Å². The Labute approximate surface area is 190 Å². The number of ether oxygens (including phenoxy) is 1. The topological polar surface area (TPSA) is 84.1 Å². The first-order chi connectivity index (χ1) is 15.0. The van der Waals surface area contributed by atoms with Crippen LogP contribution >= 0.6 is 23.1 Å². The molecule has 0 saturated carbocycles. The van der Waals surface area contributed by atoms with E-state index in [1.54, 1.807) is 19.1 Å². The summed E-state index contributed by atoms with van der Waals surface area (Å²) in [7, 11) is 0. The number of rotatable bonds is 8. The number of halogens is 3. The van der Waals surface area contributed by atoms with Crippen LogP contribution in [0.1, 0.15) is 28.8 Å². The van der Waals surface area contributed by atoms with Crippen LogP contribution in [0.2, 0.25) is 0 Å². The van der Waals surface area contributed by atoms with Crippen molar-refractivity contribution in [3.05, 3.63) is 56.4 Å². The van der Waals surface area contributed by atoms with E-state index < -0.39 is 18.0 Å². The Balaban J connectivity index is 1.50. The average molecular weight is 486 g/mol. The van der Waals surface area contributed by atoms with E-state index in [1.807, 2.05) is 13.8 Å². The van der Waals surface area contributed by atoms with E-state index in [0.29, 0.717) is 21.8 Å². The zero-order chi connectivity index (χ0) is 23.5. The number of amides is 1. The van der Waals surface area contributed by atoms with Crippen molar-refractivity contribution >= 4 is 39.2 Å². The van der Waals surface area contributed by atoms with Crippen molar-refractivity contribution < 1.29 is 22.7 Å². The molecule has 0 aliphatic rings. The number of carbonyl (C=O) groups excluding carboxylic acids is 1. The fraction of sp³-hybridized carbons (Fsp3) is 0.381. The fourth-order valence-electron chi connectivity index (χ4n) is 2.85. The van der Waals surface area contributed by atoms with Crippen molar-refractivity contribution in [2.24, 2.45) is 0 Å². The fourth-order valence-corrected chi connectivity index (χ4v) is 4.68. The third kappa shape index (κ3) is 6.26. The molecule has 1 atom stereocenters. The van der Waals surface area contributed by atoms with Gasteiger partial charge in [0.1, 0.15) is 16.4 Å². The van der Waals surface area contributed by atoms with Crippen LogP contribution in [0.15, 0.2) is 29.1 Å². The number of hydrogen-bond donors (Lipinski definition) is 2. The molecule has 0 radical (unpaired) electrons. The summed E-state index contributed by atoms with van der Waals surface area (Å²) in [5.74, 6) is 0.804. The molecule has 0 fully saturated rings. The number of aryl methyl sites for hydroxylation is 2. The summed E-state index contributed by atoms with van der Waals surface area (Å²) < 4.78 is 41.2. The van der Waals surface area contributed by atoms with Crippen LogP contribution < -0.4 is 15.6 Å². The minimum absolute atomic E-state index is 0.107. The van der Waals surface area contributed by atoms with Gasteiger partial charge in [0, 0.05) is 11.4 Å². The van der Waals surface area contributed by atoms with Gasteiger partial charge in [-0.2, -0.15) is 13.2 Å². The van der Waals surface area contributed by atoms with E-state index in [4.69, 9.17) is 0 Å². The van der Waals surface area contributed by atoms with Gasteiger partial charge in [-0.3, -0.25) is 9.59 Å². The van der Waals surface area contributed by atoms with Crippen molar-refractivity contribution in [1.82, 2.24) is 15.3 Å². The Morgan fingerprint density at radius 3 is 2.62 bits per heavy atom. The normalized spacial score (nSPS) is 12.7. The first-order valence-corrected chi connectivity index (χ1v) is 11.6. The molecule has 32 heavy (non-hydrogen) atoms. The Morgan fingerprint density at radius 2 is 1.97 bits per heavy atom. The number of hydrogen-bond acceptors (Lipinski definition) is 6. The number of thiophene rings is 1. The minimum atomic E-state index is -4.39. The Hall–Kier alpha value is -2.53.